The van der Waals surface area contributed by atoms with Crippen LogP contribution in [0, 0.1) is 0 Å². The zero-order chi connectivity index (χ0) is 10.8. The van der Waals surface area contributed by atoms with E-state index in [2.05, 4.69) is 22.0 Å². The van der Waals surface area contributed by atoms with Gasteiger partial charge in [0.25, 0.3) is 0 Å². The molecule has 0 aliphatic rings. The maximum atomic E-state index is 11.3. The first-order valence-corrected chi connectivity index (χ1v) is 5.73. The highest BCUT2D eigenvalue weighted by atomic mass is 32.2. The highest BCUT2D eigenvalue weighted by Crippen LogP contribution is 2.04. The van der Waals surface area contributed by atoms with E-state index in [0.29, 0.717) is 0 Å². The molecule has 0 aliphatic heterocycles. The Morgan fingerprint density at radius 1 is 1.79 bits per heavy atom. The van der Waals surface area contributed by atoms with E-state index in [0.717, 1.165) is 0 Å². The van der Waals surface area contributed by atoms with Crippen LogP contribution in [0.4, 0.5) is 5.82 Å². The third-order valence-corrected chi connectivity index (χ3v) is 2.84. The summed E-state index contributed by atoms with van der Waals surface area (Å²) in [5.74, 6) is -0.123. The molecule has 0 atom stereocenters. The number of hydrogen-bond donors (Lipinski definition) is 2. The van der Waals surface area contributed by atoms with Crippen LogP contribution in [0.1, 0.15) is 0 Å². The predicted octanol–water partition coefficient (Wildman–Crippen LogP) is -0.552. The van der Waals surface area contributed by atoms with Gasteiger partial charge >= 0.3 is 0 Å². The van der Waals surface area contributed by atoms with Crippen LogP contribution in [0.2, 0.25) is 0 Å². The Morgan fingerprint density at radius 3 is 2.86 bits per heavy atom. The fourth-order valence-corrected chi connectivity index (χ4v) is 2.19. The molecule has 0 radical (unpaired) electrons. The van der Waals surface area contributed by atoms with Gasteiger partial charge in [0, 0.05) is 19.3 Å². The Morgan fingerprint density at radius 2 is 2.43 bits per heavy atom. The lowest BCUT2D eigenvalue weighted by atomic mass is 10.7. The first-order chi connectivity index (χ1) is 6.39. The van der Waals surface area contributed by atoms with Gasteiger partial charge < -0.3 is 5.73 Å². The minimum Gasteiger partial charge on any atom is -0.392 e. The van der Waals surface area contributed by atoms with Crippen LogP contribution in [-0.4, -0.2) is 28.9 Å². The van der Waals surface area contributed by atoms with Gasteiger partial charge in [0.1, 0.15) is 5.75 Å². The van der Waals surface area contributed by atoms with E-state index in [1.807, 2.05) is 0 Å². The van der Waals surface area contributed by atoms with Crippen LogP contribution in [0.25, 0.3) is 0 Å². The number of aryl methyl sites for hydroxylation is 1. The molecule has 8 heteroatoms. The lowest BCUT2D eigenvalue weighted by Crippen LogP contribution is -2.26. The molecular weight excluding hydrogens is 224 g/mol. The highest BCUT2D eigenvalue weighted by molar-refractivity contribution is 7.95. The number of nitrogens with zero attached hydrogens (tertiary/aromatic N) is 2. The zero-order valence-corrected chi connectivity index (χ0v) is 9.10. The minimum absolute atomic E-state index is 0.0755. The van der Waals surface area contributed by atoms with Crippen LogP contribution in [0.15, 0.2) is 12.3 Å². The summed E-state index contributed by atoms with van der Waals surface area (Å²) in [4.78, 5) is -0.0755. The largest absolute Gasteiger partial charge is 0.392 e. The van der Waals surface area contributed by atoms with E-state index in [1.165, 1.54) is 10.7 Å². The van der Waals surface area contributed by atoms with E-state index >= 15 is 0 Å². The molecule has 0 amide bonds. The number of hydrogen-bond acceptors (Lipinski definition) is 4. The summed E-state index contributed by atoms with van der Waals surface area (Å²) in [6.07, 6.45) is 1.62. The number of anilines is 1. The van der Waals surface area contributed by atoms with Crippen molar-refractivity contribution in [3.8, 4) is 0 Å². The van der Waals surface area contributed by atoms with Crippen molar-refractivity contribution in [1.29, 1.82) is 0 Å². The molecule has 3 N–H and O–H groups in total. The summed E-state index contributed by atoms with van der Waals surface area (Å²) in [6.45, 7) is 0. The fraction of sp³-hybridized carbons (Fsp3) is 0.333. The van der Waals surface area contributed by atoms with Crippen molar-refractivity contribution in [3.63, 3.8) is 0 Å². The third-order valence-electron chi connectivity index (χ3n) is 1.31. The van der Waals surface area contributed by atoms with Crippen molar-refractivity contribution < 1.29 is 8.42 Å². The molecule has 14 heavy (non-hydrogen) atoms. The molecule has 0 aliphatic carbocycles. The van der Waals surface area contributed by atoms with Gasteiger partial charge in [-0.2, -0.15) is 5.10 Å². The molecule has 0 bridgehead atoms. The van der Waals surface area contributed by atoms with Gasteiger partial charge in [-0.25, -0.2) is 8.42 Å². The van der Waals surface area contributed by atoms with Crippen LogP contribution >= 0.6 is 12.2 Å². The second kappa shape index (κ2) is 3.93. The molecule has 0 spiro atoms. The Bertz CT molecular complexity index is 436. The zero-order valence-electron chi connectivity index (χ0n) is 7.47. The number of sulfonamides is 1. The normalized spacial score (nSPS) is 11.2. The molecule has 0 saturated heterocycles. The standard InChI is InChI=1S/C6H10N4O2S2/c1-10-3-2-6(8-10)9-14(11,12)4-5(7)13/h2-3H,4H2,1H3,(H2,7,13)(H,8,9). The molecule has 1 aromatic rings. The Kier molecular flexibility index (Phi) is 3.06. The van der Waals surface area contributed by atoms with Gasteiger partial charge in [-0.1, -0.05) is 12.2 Å². The number of nitrogens with one attached hydrogen (secondary N) is 1. The maximum absolute atomic E-state index is 11.3. The Balaban J connectivity index is 2.73. The number of thiocarbonyl (C=S) groups is 1. The van der Waals surface area contributed by atoms with Gasteiger partial charge in [-0.3, -0.25) is 9.40 Å². The Hall–Kier alpha value is -1.15. The Labute approximate surface area is 87.1 Å². The predicted molar refractivity (Wildman–Crippen MR) is 57.4 cm³/mol. The molecule has 6 nitrogen and oxygen atoms in total. The average Bonchev–Trinajstić information content (AvgIpc) is 2.30. The monoisotopic (exact) mass is 234 g/mol. The second-order valence-electron chi connectivity index (χ2n) is 2.70. The van der Waals surface area contributed by atoms with Crippen LogP contribution in [0.3, 0.4) is 0 Å². The first-order valence-electron chi connectivity index (χ1n) is 3.67. The fourth-order valence-electron chi connectivity index (χ4n) is 0.852. The quantitative estimate of drug-likeness (QED) is 0.682. The van der Waals surface area contributed by atoms with Crippen LogP contribution in [0.5, 0.6) is 0 Å². The lowest BCUT2D eigenvalue weighted by Gasteiger charge is -2.02. The average molecular weight is 234 g/mol. The van der Waals surface area contributed by atoms with Gasteiger partial charge in [-0.05, 0) is 0 Å². The molecular formula is C6H10N4O2S2. The van der Waals surface area contributed by atoms with Gasteiger partial charge in [0.05, 0.1) is 4.99 Å². The molecule has 0 fully saturated rings. The van der Waals surface area contributed by atoms with E-state index in [9.17, 15) is 8.42 Å². The van der Waals surface area contributed by atoms with Crippen molar-refractivity contribution in [2.24, 2.45) is 12.8 Å². The lowest BCUT2D eigenvalue weighted by molar-refractivity contribution is 0.604. The molecule has 78 valence electrons. The molecule has 0 unspecified atom stereocenters. The topological polar surface area (TPSA) is 90.0 Å². The summed E-state index contributed by atoms with van der Waals surface area (Å²) in [5, 5.41) is 3.85. The number of rotatable bonds is 4. The molecule has 1 rings (SSSR count). The van der Waals surface area contributed by atoms with Crippen molar-refractivity contribution in [2.75, 3.05) is 10.5 Å². The van der Waals surface area contributed by atoms with Crippen molar-refractivity contribution in [1.82, 2.24) is 9.78 Å². The van der Waals surface area contributed by atoms with Crippen LogP contribution in [-0.2, 0) is 17.1 Å². The van der Waals surface area contributed by atoms with Gasteiger partial charge in [0.2, 0.25) is 10.0 Å². The minimum atomic E-state index is -3.51. The molecule has 0 saturated carbocycles. The second-order valence-corrected chi connectivity index (χ2v) is 4.95. The smallest absolute Gasteiger partial charge is 0.240 e. The first kappa shape index (κ1) is 10.9. The van der Waals surface area contributed by atoms with Gasteiger partial charge in [-0.15, -0.1) is 0 Å². The summed E-state index contributed by atoms with van der Waals surface area (Å²) < 4.78 is 26.3. The van der Waals surface area contributed by atoms with Crippen molar-refractivity contribution in [3.05, 3.63) is 12.3 Å². The van der Waals surface area contributed by atoms with E-state index in [1.54, 1.807) is 13.2 Å². The number of aromatic nitrogens is 2. The molecule has 1 aromatic heterocycles. The summed E-state index contributed by atoms with van der Waals surface area (Å²) in [5.41, 5.74) is 5.12. The maximum Gasteiger partial charge on any atom is 0.240 e. The third kappa shape index (κ3) is 3.30. The SMILES string of the molecule is Cn1ccc(NS(=O)(=O)CC(N)=S)n1. The van der Waals surface area contributed by atoms with Gasteiger partial charge in [0.15, 0.2) is 5.82 Å². The summed E-state index contributed by atoms with van der Waals surface area (Å²) >= 11 is 4.50. The van der Waals surface area contributed by atoms with E-state index in [-0.39, 0.29) is 16.6 Å². The van der Waals surface area contributed by atoms with Crippen molar-refractivity contribution in [2.45, 2.75) is 0 Å². The van der Waals surface area contributed by atoms with Crippen LogP contribution < -0.4 is 10.5 Å². The summed E-state index contributed by atoms with van der Waals surface area (Å²) in [7, 11) is -1.83. The van der Waals surface area contributed by atoms with E-state index < -0.39 is 10.0 Å². The number of nitrogens with two attached hydrogens (primary N) is 1. The van der Waals surface area contributed by atoms with Crippen molar-refractivity contribution >= 4 is 33.0 Å². The highest BCUT2D eigenvalue weighted by Gasteiger charge is 2.12. The van der Waals surface area contributed by atoms with E-state index in [4.69, 9.17) is 5.73 Å². The summed E-state index contributed by atoms with van der Waals surface area (Å²) in [6, 6.07) is 1.54. The molecule has 1 heterocycles. The molecule has 0 aromatic carbocycles.